The Balaban J connectivity index is 1.63. The fourth-order valence-electron chi connectivity index (χ4n) is 3.69. The monoisotopic (exact) mass is 315 g/mol. The number of aryl methyl sites for hydroxylation is 2. The third-order valence-corrected chi connectivity index (χ3v) is 4.92. The van der Waals surface area contributed by atoms with Crippen molar-refractivity contribution < 1.29 is 9.47 Å². The average molecular weight is 315 g/mol. The molecule has 0 aromatic carbocycles. The van der Waals surface area contributed by atoms with Gasteiger partial charge in [0.15, 0.2) is 5.82 Å². The first-order chi connectivity index (χ1) is 11.1. The normalized spacial score (nSPS) is 25.7. The van der Waals surface area contributed by atoms with Gasteiger partial charge in [-0.05, 0) is 39.2 Å². The molecular weight excluding hydrogens is 294 g/mol. The van der Waals surface area contributed by atoms with Crippen molar-refractivity contribution in [3.8, 4) is 11.5 Å². The highest BCUT2D eigenvalue weighted by Crippen LogP contribution is 2.48. The van der Waals surface area contributed by atoms with Crippen LogP contribution in [0.5, 0.6) is 0 Å². The van der Waals surface area contributed by atoms with E-state index in [4.69, 9.17) is 9.47 Å². The molecule has 1 aliphatic carbocycles. The maximum absolute atomic E-state index is 6.06. The second-order valence-electron chi connectivity index (χ2n) is 6.51. The van der Waals surface area contributed by atoms with Gasteiger partial charge in [0.25, 0.3) is 0 Å². The minimum atomic E-state index is -0.123. The summed E-state index contributed by atoms with van der Waals surface area (Å²) in [6.45, 7) is 4.51. The quantitative estimate of drug-likeness (QED) is 0.860. The van der Waals surface area contributed by atoms with Crippen LogP contribution in [0.2, 0.25) is 0 Å². The molecule has 1 saturated heterocycles. The molecule has 2 atom stereocenters. The van der Waals surface area contributed by atoms with Gasteiger partial charge in [0.1, 0.15) is 17.8 Å². The van der Waals surface area contributed by atoms with Crippen molar-refractivity contribution >= 4 is 0 Å². The van der Waals surface area contributed by atoms with E-state index in [-0.39, 0.29) is 17.7 Å². The molecule has 1 spiro atoms. The fraction of sp³-hybridized carbons (Fsp3) is 0.625. The van der Waals surface area contributed by atoms with Crippen molar-refractivity contribution in [2.45, 2.75) is 50.9 Å². The molecule has 1 saturated carbocycles. The number of hydrogen-bond acceptors (Lipinski definition) is 6. The number of nitrogens with zero attached hydrogens (tertiary/aromatic N) is 5. The minimum absolute atomic E-state index is 0.0194. The molecule has 23 heavy (non-hydrogen) atoms. The predicted molar refractivity (Wildman–Crippen MR) is 82.9 cm³/mol. The standard InChI is InChI=1S/C16H21N5O2/c1-10-7-11(2)18-15(17-10)12-8-21(20-19-12)13-9-23-16(5-4-6-16)14(13)22-3/h7-8,13-14H,4-6,9H2,1-3H3/t13-,14+/m0/s1. The highest BCUT2D eigenvalue weighted by molar-refractivity contribution is 5.47. The van der Waals surface area contributed by atoms with Crippen molar-refractivity contribution in [1.29, 1.82) is 0 Å². The topological polar surface area (TPSA) is 75.0 Å². The van der Waals surface area contributed by atoms with Gasteiger partial charge in [-0.3, -0.25) is 0 Å². The average Bonchev–Trinajstić information content (AvgIpc) is 3.09. The molecule has 122 valence electrons. The Hall–Kier alpha value is -1.86. The second-order valence-corrected chi connectivity index (χ2v) is 6.51. The smallest absolute Gasteiger partial charge is 0.182 e. The zero-order chi connectivity index (χ0) is 16.0. The number of ether oxygens (including phenoxy) is 2. The molecule has 0 unspecified atom stereocenters. The van der Waals surface area contributed by atoms with Crippen molar-refractivity contribution in [3.05, 3.63) is 23.7 Å². The number of rotatable bonds is 3. The van der Waals surface area contributed by atoms with Gasteiger partial charge in [-0.25, -0.2) is 14.6 Å². The van der Waals surface area contributed by atoms with Crippen molar-refractivity contribution in [2.75, 3.05) is 13.7 Å². The molecule has 2 aromatic rings. The number of methoxy groups -OCH3 is 1. The lowest BCUT2D eigenvalue weighted by molar-refractivity contribution is -0.123. The van der Waals surface area contributed by atoms with E-state index in [1.165, 1.54) is 6.42 Å². The van der Waals surface area contributed by atoms with E-state index in [0.29, 0.717) is 18.1 Å². The van der Waals surface area contributed by atoms with E-state index >= 15 is 0 Å². The van der Waals surface area contributed by atoms with Crippen molar-refractivity contribution in [1.82, 2.24) is 25.0 Å². The second kappa shape index (κ2) is 5.35. The van der Waals surface area contributed by atoms with Gasteiger partial charge in [-0.15, -0.1) is 5.10 Å². The van der Waals surface area contributed by atoms with E-state index < -0.39 is 0 Å². The molecule has 7 heteroatoms. The van der Waals surface area contributed by atoms with Crippen LogP contribution in [0.15, 0.2) is 12.3 Å². The van der Waals surface area contributed by atoms with Crippen LogP contribution in [0, 0.1) is 13.8 Å². The lowest BCUT2D eigenvalue weighted by atomic mass is 9.75. The van der Waals surface area contributed by atoms with E-state index in [2.05, 4.69) is 20.3 Å². The van der Waals surface area contributed by atoms with Crippen LogP contribution in [0.4, 0.5) is 0 Å². The molecule has 4 rings (SSSR count). The minimum Gasteiger partial charge on any atom is -0.376 e. The summed E-state index contributed by atoms with van der Waals surface area (Å²) < 4.78 is 13.6. The maximum Gasteiger partial charge on any atom is 0.182 e. The zero-order valence-electron chi connectivity index (χ0n) is 13.7. The Morgan fingerprint density at radius 1 is 1.26 bits per heavy atom. The fourth-order valence-corrected chi connectivity index (χ4v) is 3.69. The first-order valence-electron chi connectivity index (χ1n) is 8.02. The Morgan fingerprint density at radius 2 is 2.00 bits per heavy atom. The van der Waals surface area contributed by atoms with Crippen LogP contribution in [-0.2, 0) is 9.47 Å². The summed E-state index contributed by atoms with van der Waals surface area (Å²) >= 11 is 0. The highest BCUT2D eigenvalue weighted by Gasteiger charge is 2.55. The molecular formula is C16H21N5O2. The van der Waals surface area contributed by atoms with E-state index in [1.54, 1.807) is 7.11 Å². The van der Waals surface area contributed by atoms with Crippen LogP contribution >= 0.6 is 0 Å². The first-order valence-corrected chi connectivity index (χ1v) is 8.02. The molecule has 0 N–H and O–H groups in total. The molecule has 2 fully saturated rings. The van der Waals surface area contributed by atoms with Gasteiger partial charge >= 0.3 is 0 Å². The van der Waals surface area contributed by atoms with Gasteiger partial charge in [0.05, 0.1) is 18.4 Å². The zero-order valence-corrected chi connectivity index (χ0v) is 13.7. The molecule has 1 aliphatic heterocycles. The Morgan fingerprint density at radius 3 is 2.61 bits per heavy atom. The summed E-state index contributed by atoms with van der Waals surface area (Å²) in [5.74, 6) is 0.611. The van der Waals surface area contributed by atoms with Crippen molar-refractivity contribution in [2.24, 2.45) is 0 Å². The van der Waals surface area contributed by atoms with Crippen LogP contribution in [-0.4, -0.2) is 50.4 Å². The highest BCUT2D eigenvalue weighted by atomic mass is 16.6. The van der Waals surface area contributed by atoms with Gasteiger partial charge in [-0.1, -0.05) is 5.21 Å². The Labute approximate surface area is 135 Å². The molecule has 0 radical (unpaired) electrons. The SMILES string of the molecule is CO[C@@H]1[C@@H](n2cc(-c3nc(C)cc(C)n3)nn2)COC12CCC2. The van der Waals surface area contributed by atoms with E-state index in [0.717, 1.165) is 24.2 Å². The lowest BCUT2D eigenvalue weighted by Crippen LogP contribution is -2.48. The summed E-state index contributed by atoms with van der Waals surface area (Å²) in [6, 6.07) is 1.99. The Kier molecular flexibility index (Phi) is 3.42. The van der Waals surface area contributed by atoms with Gasteiger partial charge in [0.2, 0.25) is 0 Å². The van der Waals surface area contributed by atoms with E-state index in [1.807, 2.05) is 30.8 Å². The summed E-state index contributed by atoms with van der Waals surface area (Å²) in [5.41, 5.74) is 2.41. The number of hydrogen-bond donors (Lipinski definition) is 0. The van der Waals surface area contributed by atoms with Crippen LogP contribution in [0.1, 0.15) is 36.7 Å². The lowest BCUT2D eigenvalue weighted by Gasteiger charge is -2.41. The molecule has 3 heterocycles. The van der Waals surface area contributed by atoms with Crippen molar-refractivity contribution in [3.63, 3.8) is 0 Å². The summed E-state index contributed by atoms with van der Waals surface area (Å²) in [6.07, 6.45) is 5.23. The number of aromatic nitrogens is 5. The van der Waals surface area contributed by atoms with Crippen LogP contribution in [0.25, 0.3) is 11.5 Å². The van der Waals surface area contributed by atoms with Gasteiger partial charge < -0.3 is 9.47 Å². The predicted octanol–water partition coefficient (Wildman–Crippen LogP) is 1.86. The van der Waals surface area contributed by atoms with Gasteiger partial charge in [0, 0.05) is 18.5 Å². The first kappa shape index (κ1) is 14.7. The summed E-state index contributed by atoms with van der Waals surface area (Å²) in [7, 11) is 1.75. The molecule has 0 amide bonds. The van der Waals surface area contributed by atoms with E-state index in [9.17, 15) is 0 Å². The van der Waals surface area contributed by atoms with Crippen LogP contribution < -0.4 is 0 Å². The van der Waals surface area contributed by atoms with Gasteiger partial charge in [-0.2, -0.15) is 0 Å². The third-order valence-electron chi connectivity index (χ3n) is 4.92. The maximum atomic E-state index is 6.06. The molecule has 7 nitrogen and oxygen atoms in total. The third kappa shape index (κ3) is 2.35. The summed E-state index contributed by atoms with van der Waals surface area (Å²) in [5, 5.41) is 8.53. The largest absolute Gasteiger partial charge is 0.376 e. The molecule has 2 aliphatic rings. The van der Waals surface area contributed by atoms with Crippen LogP contribution in [0.3, 0.4) is 0 Å². The Bertz CT molecular complexity index is 705. The molecule has 0 bridgehead atoms. The summed E-state index contributed by atoms with van der Waals surface area (Å²) in [4.78, 5) is 8.90. The molecule has 2 aromatic heterocycles.